The lowest BCUT2D eigenvalue weighted by atomic mass is 9.88. The zero-order valence-corrected chi connectivity index (χ0v) is 21.7. The van der Waals surface area contributed by atoms with E-state index in [1.807, 2.05) is 0 Å². The topological polar surface area (TPSA) is 92.8 Å². The van der Waals surface area contributed by atoms with Crippen molar-refractivity contribution in [2.24, 2.45) is 11.8 Å². The Morgan fingerprint density at radius 2 is 1.97 bits per heavy atom. The molecule has 1 amide bonds. The van der Waals surface area contributed by atoms with E-state index in [0.29, 0.717) is 40.9 Å². The number of piperidine rings is 1. The van der Waals surface area contributed by atoms with Gasteiger partial charge in [0.1, 0.15) is 5.00 Å². The van der Waals surface area contributed by atoms with Crippen molar-refractivity contribution in [2.45, 2.75) is 50.8 Å². The molecule has 34 heavy (non-hydrogen) atoms. The Bertz CT molecular complexity index is 1180. The van der Waals surface area contributed by atoms with Crippen LogP contribution in [0.2, 0.25) is 5.02 Å². The Labute approximate surface area is 209 Å². The van der Waals surface area contributed by atoms with Crippen molar-refractivity contribution >= 4 is 49.8 Å². The van der Waals surface area contributed by atoms with E-state index < -0.39 is 21.9 Å². The molecule has 1 aromatic heterocycles. The number of hydrogen-bond donors (Lipinski definition) is 1. The fraction of sp³-hybridized carbons (Fsp3) is 0.500. The summed E-state index contributed by atoms with van der Waals surface area (Å²) in [7, 11) is -3.73. The van der Waals surface area contributed by atoms with Crippen LogP contribution in [0.5, 0.6) is 0 Å². The number of carbonyl (C=O) groups is 2. The number of rotatable bonds is 6. The third-order valence-corrected chi connectivity index (χ3v) is 9.74. The van der Waals surface area contributed by atoms with Crippen molar-refractivity contribution < 1.29 is 22.7 Å². The largest absolute Gasteiger partial charge is 0.462 e. The van der Waals surface area contributed by atoms with Crippen LogP contribution >= 0.6 is 22.9 Å². The van der Waals surface area contributed by atoms with E-state index in [1.165, 1.54) is 27.8 Å². The van der Waals surface area contributed by atoms with Crippen molar-refractivity contribution in [1.82, 2.24) is 4.31 Å². The standard InChI is InChI=1S/C24H29ClN2O5S2/c1-3-32-24(29)21-19-11-6-15(2)13-20(19)33-23(21)26-22(28)16-5-4-12-27(14-16)34(30,31)18-9-7-17(25)8-10-18/h7-10,15-16H,3-6,11-14H2,1-2H3,(H,26,28). The first kappa shape index (κ1) is 25.2. The lowest BCUT2D eigenvalue weighted by Crippen LogP contribution is -2.43. The summed E-state index contributed by atoms with van der Waals surface area (Å²) < 4.78 is 32.8. The minimum Gasteiger partial charge on any atom is -0.462 e. The summed E-state index contributed by atoms with van der Waals surface area (Å²) in [4.78, 5) is 27.2. The molecule has 0 saturated carbocycles. The minimum atomic E-state index is -3.73. The van der Waals surface area contributed by atoms with Gasteiger partial charge in [0.05, 0.1) is 23.0 Å². The number of amides is 1. The second-order valence-electron chi connectivity index (χ2n) is 8.92. The van der Waals surface area contributed by atoms with Crippen molar-refractivity contribution in [3.63, 3.8) is 0 Å². The van der Waals surface area contributed by atoms with Gasteiger partial charge < -0.3 is 10.1 Å². The molecule has 2 atom stereocenters. The molecule has 2 unspecified atom stereocenters. The molecular formula is C24H29ClN2O5S2. The summed E-state index contributed by atoms with van der Waals surface area (Å²) in [6.45, 7) is 4.65. The Balaban J connectivity index is 1.53. The van der Waals surface area contributed by atoms with Gasteiger partial charge in [0.25, 0.3) is 0 Å². The Morgan fingerprint density at radius 1 is 1.24 bits per heavy atom. The number of carbonyl (C=O) groups excluding carboxylic acids is 2. The maximum Gasteiger partial charge on any atom is 0.341 e. The normalized spacial score (nSPS) is 21.0. The SMILES string of the molecule is CCOC(=O)c1c(NC(=O)C2CCCN(S(=O)(=O)c3ccc(Cl)cc3)C2)sc2c1CCC(C)C2. The van der Waals surface area contributed by atoms with Crippen LogP contribution < -0.4 is 5.32 Å². The van der Waals surface area contributed by atoms with Gasteiger partial charge in [0.15, 0.2) is 0 Å². The molecule has 0 spiro atoms. The highest BCUT2D eigenvalue weighted by molar-refractivity contribution is 7.89. The second kappa shape index (κ2) is 10.4. The smallest absolute Gasteiger partial charge is 0.341 e. The fourth-order valence-corrected chi connectivity index (χ4v) is 7.65. The molecule has 1 saturated heterocycles. The van der Waals surface area contributed by atoms with Crippen molar-refractivity contribution in [3.05, 3.63) is 45.3 Å². The zero-order valence-electron chi connectivity index (χ0n) is 19.3. The minimum absolute atomic E-state index is 0.0909. The number of nitrogens with zero attached hydrogens (tertiary/aromatic N) is 1. The molecule has 2 heterocycles. The van der Waals surface area contributed by atoms with Gasteiger partial charge in [0, 0.05) is 23.0 Å². The zero-order chi connectivity index (χ0) is 24.5. The van der Waals surface area contributed by atoms with Gasteiger partial charge in [-0.3, -0.25) is 4.79 Å². The molecule has 1 aliphatic heterocycles. The number of anilines is 1. The first-order valence-electron chi connectivity index (χ1n) is 11.6. The van der Waals surface area contributed by atoms with Crippen LogP contribution in [0.25, 0.3) is 0 Å². The first-order valence-corrected chi connectivity index (χ1v) is 14.2. The lowest BCUT2D eigenvalue weighted by Gasteiger charge is -2.31. The third kappa shape index (κ3) is 5.17. The highest BCUT2D eigenvalue weighted by Gasteiger charge is 2.35. The second-order valence-corrected chi connectivity index (χ2v) is 12.4. The summed E-state index contributed by atoms with van der Waals surface area (Å²) in [5, 5.41) is 3.92. The molecule has 2 aromatic rings. The molecule has 2 aliphatic rings. The number of halogens is 1. The molecule has 0 radical (unpaired) electrons. The lowest BCUT2D eigenvalue weighted by molar-refractivity contribution is -0.120. The number of thiophene rings is 1. The van der Waals surface area contributed by atoms with Gasteiger partial charge in [-0.25, -0.2) is 13.2 Å². The molecule has 1 fully saturated rings. The van der Waals surface area contributed by atoms with E-state index in [0.717, 1.165) is 29.7 Å². The Kier molecular flexibility index (Phi) is 7.66. The van der Waals surface area contributed by atoms with E-state index in [1.54, 1.807) is 19.1 Å². The number of hydrogen-bond acceptors (Lipinski definition) is 6. The molecule has 1 aromatic carbocycles. The van der Waals surface area contributed by atoms with E-state index in [2.05, 4.69) is 12.2 Å². The van der Waals surface area contributed by atoms with Crippen LogP contribution in [0, 0.1) is 11.8 Å². The quantitative estimate of drug-likeness (QED) is 0.551. The maximum absolute atomic E-state index is 13.2. The van der Waals surface area contributed by atoms with Gasteiger partial charge >= 0.3 is 5.97 Å². The van der Waals surface area contributed by atoms with Gasteiger partial charge in [0.2, 0.25) is 15.9 Å². The summed E-state index contributed by atoms with van der Waals surface area (Å²) in [5.41, 5.74) is 1.44. The van der Waals surface area contributed by atoms with Crippen molar-refractivity contribution in [1.29, 1.82) is 0 Å². The number of ether oxygens (including phenoxy) is 1. The number of sulfonamides is 1. The van der Waals surface area contributed by atoms with Crippen LogP contribution in [0.3, 0.4) is 0 Å². The summed E-state index contributed by atoms with van der Waals surface area (Å²) in [5.74, 6) is -0.674. The van der Waals surface area contributed by atoms with Crippen molar-refractivity contribution in [2.75, 3.05) is 25.0 Å². The molecule has 0 bridgehead atoms. The van der Waals surface area contributed by atoms with Gasteiger partial charge in [-0.2, -0.15) is 4.31 Å². The number of fused-ring (bicyclic) bond motifs is 1. The van der Waals surface area contributed by atoms with Crippen LogP contribution in [-0.4, -0.2) is 44.3 Å². The highest BCUT2D eigenvalue weighted by atomic mass is 35.5. The van der Waals surface area contributed by atoms with Crippen LogP contribution in [0.15, 0.2) is 29.2 Å². The molecular weight excluding hydrogens is 496 g/mol. The molecule has 1 aliphatic carbocycles. The molecule has 184 valence electrons. The molecule has 10 heteroatoms. The van der Waals surface area contributed by atoms with E-state index >= 15 is 0 Å². The molecule has 1 N–H and O–H groups in total. The van der Waals surface area contributed by atoms with Gasteiger partial charge in [-0.1, -0.05) is 18.5 Å². The van der Waals surface area contributed by atoms with Gasteiger partial charge in [-0.05, 0) is 74.8 Å². The van der Waals surface area contributed by atoms with E-state index in [4.69, 9.17) is 16.3 Å². The maximum atomic E-state index is 13.2. The van der Waals surface area contributed by atoms with Crippen LogP contribution in [0.4, 0.5) is 5.00 Å². The van der Waals surface area contributed by atoms with E-state index in [-0.39, 0.29) is 24.0 Å². The number of esters is 1. The van der Waals surface area contributed by atoms with Crippen LogP contribution in [-0.2, 0) is 32.4 Å². The molecule has 7 nitrogen and oxygen atoms in total. The average Bonchev–Trinajstić information content (AvgIpc) is 3.16. The number of benzene rings is 1. The first-order chi connectivity index (χ1) is 16.2. The van der Waals surface area contributed by atoms with Crippen LogP contribution in [0.1, 0.15) is 53.9 Å². The third-order valence-electron chi connectivity index (χ3n) is 6.43. The summed E-state index contributed by atoms with van der Waals surface area (Å²) in [6.07, 6.45) is 3.81. The molecule has 4 rings (SSSR count). The average molecular weight is 525 g/mol. The monoisotopic (exact) mass is 524 g/mol. The highest BCUT2D eigenvalue weighted by Crippen LogP contribution is 2.40. The predicted octanol–water partition coefficient (Wildman–Crippen LogP) is 4.74. The van der Waals surface area contributed by atoms with Crippen molar-refractivity contribution in [3.8, 4) is 0 Å². The summed E-state index contributed by atoms with van der Waals surface area (Å²) in [6, 6.07) is 6.03. The van der Waals surface area contributed by atoms with Gasteiger partial charge in [-0.15, -0.1) is 11.3 Å². The predicted molar refractivity (Wildman–Crippen MR) is 133 cm³/mol. The fourth-order valence-electron chi connectivity index (χ4n) is 4.60. The number of nitrogens with one attached hydrogen (secondary N) is 1. The Hall–Kier alpha value is -1.94. The summed E-state index contributed by atoms with van der Waals surface area (Å²) >= 11 is 7.34. The Morgan fingerprint density at radius 3 is 2.68 bits per heavy atom. The van der Waals surface area contributed by atoms with E-state index in [9.17, 15) is 18.0 Å².